The molecule has 0 aromatic heterocycles. The molecule has 0 spiro atoms. The van der Waals surface area contributed by atoms with Crippen LogP contribution in [-0.4, -0.2) is 84.3 Å². The molecule has 0 aliphatic carbocycles. The first kappa shape index (κ1) is 47.1. The molecule has 10 heteroatoms. The van der Waals surface area contributed by atoms with Gasteiger partial charge in [0.05, 0.1) is 0 Å². The molecule has 2 N–H and O–H groups in total. The predicted octanol–water partition coefficient (Wildman–Crippen LogP) is 7.98. The van der Waals surface area contributed by atoms with Gasteiger partial charge in [0.15, 0.2) is 0 Å². The largest absolute Gasteiger partial charge is 0.444 e. The van der Waals surface area contributed by atoms with Gasteiger partial charge in [-0.3, -0.25) is 14.4 Å². The number of carbonyl (C=O) groups excluding carboxylic acids is 5. The van der Waals surface area contributed by atoms with Crippen molar-refractivity contribution in [2.24, 2.45) is 11.8 Å². The Morgan fingerprint density at radius 1 is 0.700 bits per heavy atom. The fraction of sp³-hybridized carbons (Fsp3) is 0.825. The summed E-state index contributed by atoms with van der Waals surface area (Å²) in [4.78, 5) is 65.9. The summed E-state index contributed by atoms with van der Waals surface area (Å²) in [5.41, 5.74) is -0.632. The van der Waals surface area contributed by atoms with Crippen LogP contribution in [0.15, 0.2) is 12.2 Å². The van der Waals surface area contributed by atoms with Crippen molar-refractivity contribution in [2.45, 2.75) is 170 Å². The fourth-order valence-corrected chi connectivity index (χ4v) is 5.51. The van der Waals surface area contributed by atoms with Crippen molar-refractivity contribution >= 4 is 30.1 Å². The summed E-state index contributed by atoms with van der Waals surface area (Å²) in [5, 5.41) is 5.86. The molecule has 0 fully saturated rings. The average molecular weight is 707 g/mol. The Morgan fingerprint density at radius 3 is 1.80 bits per heavy atom. The van der Waals surface area contributed by atoms with Gasteiger partial charge in [-0.2, -0.15) is 0 Å². The number of aldehydes is 1. The maximum atomic E-state index is 13.2. The van der Waals surface area contributed by atoms with E-state index in [1.54, 1.807) is 4.90 Å². The molecule has 0 radical (unpaired) electrons. The van der Waals surface area contributed by atoms with E-state index in [0.29, 0.717) is 52.0 Å². The average Bonchev–Trinajstić information content (AvgIpc) is 3.07. The molecule has 0 aromatic rings. The minimum Gasteiger partial charge on any atom is -0.444 e. The smallest absolute Gasteiger partial charge is 0.407 e. The summed E-state index contributed by atoms with van der Waals surface area (Å²) >= 11 is 0. The van der Waals surface area contributed by atoms with Crippen molar-refractivity contribution in [3.63, 3.8) is 0 Å². The molecule has 4 amide bonds. The molecule has 0 aliphatic heterocycles. The van der Waals surface area contributed by atoms with E-state index in [4.69, 9.17) is 4.74 Å². The lowest BCUT2D eigenvalue weighted by Gasteiger charge is -2.27. The number of alkyl carbamates (subject to hydrolysis) is 1. The highest BCUT2D eigenvalue weighted by Crippen LogP contribution is 2.13. The molecule has 0 unspecified atom stereocenters. The van der Waals surface area contributed by atoms with Gasteiger partial charge in [0.2, 0.25) is 17.7 Å². The van der Waals surface area contributed by atoms with Gasteiger partial charge in [-0.1, -0.05) is 78.9 Å². The topological polar surface area (TPSA) is 125 Å². The number of ether oxygens (including phenoxy) is 1. The van der Waals surface area contributed by atoms with Crippen LogP contribution in [0.1, 0.15) is 158 Å². The van der Waals surface area contributed by atoms with Crippen LogP contribution < -0.4 is 10.6 Å². The minimum absolute atomic E-state index is 0.0607. The Morgan fingerprint density at radius 2 is 1.24 bits per heavy atom. The Balaban J connectivity index is 4.97. The number of unbranched alkanes of at least 4 members (excludes halogenated alkanes) is 8. The summed E-state index contributed by atoms with van der Waals surface area (Å²) in [7, 11) is 0. The van der Waals surface area contributed by atoms with E-state index in [1.807, 2.05) is 59.4 Å². The summed E-state index contributed by atoms with van der Waals surface area (Å²) in [6.45, 7) is 18.2. The molecular weight excluding hydrogens is 632 g/mol. The zero-order chi connectivity index (χ0) is 37.8. The standard InChI is InChI=1S/C40H74N4O6/c1-9-12-13-14-15-16-17-18-20-25-35(42-39(49)50-40(6,7)8)32-36(46)41-26-23-29-43(37(47)33(4)10-2)27-21-19-22-28-44(30-24-31-45)38(48)34(5)11-3/h18,20,31,33-35H,9-17,19,21-30,32H2,1-8H3,(H,41,46)(H,42,49)/b20-18-/t33-,34-,35+/m0/s1. The van der Waals surface area contributed by atoms with E-state index in [-0.39, 0.29) is 42.0 Å². The predicted molar refractivity (Wildman–Crippen MR) is 204 cm³/mol. The second-order valence-corrected chi connectivity index (χ2v) is 14.8. The summed E-state index contributed by atoms with van der Waals surface area (Å²) in [6.07, 6.45) is 18.6. The number of hydrogen-bond acceptors (Lipinski definition) is 6. The third-order valence-corrected chi connectivity index (χ3v) is 8.96. The van der Waals surface area contributed by atoms with E-state index in [9.17, 15) is 24.0 Å². The molecule has 0 aromatic carbocycles. The number of rotatable bonds is 29. The number of carbonyl (C=O) groups is 5. The van der Waals surface area contributed by atoms with Crippen LogP contribution in [0.4, 0.5) is 4.79 Å². The van der Waals surface area contributed by atoms with E-state index >= 15 is 0 Å². The molecule has 0 rings (SSSR count). The lowest BCUT2D eigenvalue weighted by molar-refractivity contribution is -0.135. The van der Waals surface area contributed by atoms with Gasteiger partial charge < -0.3 is 30.0 Å². The van der Waals surface area contributed by atoms with Crippen molar-refractivity contribution in [3.8, 4) is 0 Å². The monoisotopic (exact) mass is 707 g/mol. The van der Waals surface area contributed by atoms with Crippen LogP contribution >= 0.6 is 0 Å². The molecular formula is C40H74N4O6. The lowest BCUT2D eigenvalue weighted by atomic mass is 10.1. The van der Waals surface area contributed by atoms with Gasteiger partial charge in [-0.15, -0.1) is 0 Å². The molecule has 50 heavy (non-hydrogen) atoms. The number of nitrogens with one attached hydrogen (secondary N) is 2. The number of nitrogens with zero attached hydrogens (tertiary/aromatic N) is 2. The lowest BCUT2D eigenvalue weighted by Crippen LogP contribution is -2.42. The Hall–Kier alpha value is -2.91. The van der Waals surface area contributed by atoms with Crippen LogP contribution in [0.25, 0.3) is 0 Å². The Kier molecular flexibility index (Phi) is 27.1. The van der Waals surface area contributed by atoms with Crippen LogP contribution in [0.2, 0.25) is 0 Å². The summed E-state index contributed by atoms with van der Waals surface area (Å²) < 4.78 is 5.44. The Bertz CT molecular complexity index is 979. The van der Waals surface area contributed by atoms with Crippen LogP contribution in [0, 0.1) is 11.8 Å². The zero-order valence-corrected chi connectivity index (χ0v) is 33.2. The molecule has 0 bridgehead atoms. The molecule has 0 aliphatic rings. The van der Waals surface area contributed by atoms with Crippen LogP contribution in [-0.2, 0) is 23.9 Å². The maximum Gasteiger partial charge on any atom is 0.407 e. The Labute approximate surface area is 305 Å². The molecule has 0 saturated carbocycles. The van der Waals surface area contributed by atoms with E-state index in [2.05, 4.69) is 23.6 Å². The third-order valence-electron chi connectivity index (χ3n) is 8.96. The van der Waals surface area contributed by atoms with Crippen molar-refractivity contribution in [3.05, 3.63) is 12.2 Å². The first-order chi connectivity index (χ1) is 23.8. The van der Waals surface area contributed by atoms with Crippen molar-refractivity contribution in [1.29, 1.82) is 0 Å². The highest BCUT2D eigenvalue weighted by molar-refractivity contribution is 5.79. The quantitative estimate of drug-likeness (QED) is 0.0462. The molecule has 3 atom stereocenters. The number of hydrogen-bond donors (Lipinski definition) is 2. The third kappa shape index (κ3) is 24.3. The zero-order valence-electron chi connectivity index (χ0n) is 33.2. The maximum absolute atomic E-state index is 13.2. The molecule has 0 heterocycles. The van der Waals surface area contributed by atoms with Gasteiger partial charge in [0.1, 0.15) is 11.9 Å². The van der Waals surface area contributed by atoms with E-state index in [1.165, 1.54) is 32.1 Å². The highest BCUT2D eigenvalue weighted by Gasteiger charge is 2.22. The highest BCUT2D eigenvalue weighted by atomic mass is 16.6. The van der Waals surface area contributed by atoms with Crippen molar-refractivity contribution in [2.75, 3.05) is 32.7 Å². The van der Waals surface area contributed by atoms with Crippen LogP contribution in [0.5, 0.6) is 0 Å². The van der Waals surface area contributed by atoms with Gasteiger partial charge in [-0.25, -0.2) is 4.79 Å². The van der Waals surface area contributed by atoms with Crippen molar-refractivity contribution in [1.82, 2.24) is 20.4 Å². The van der Waals surface area contributed by atoms with Gasteiger partial charge in [-0.05, 0) is 78.6 Å². The van der Waals surface area contributed by atoms with Crippen molar-refractivity contribution < 1.29 is 28.7 Å². The molecule has 10 nitrogen and oxygen atoms in total. The SMILES string of the molecule is CCCCCCCC/C=C\C[C@H](CC(=O)NCCCN(CCCCCN(CCC=O)C(=O)[C@@H](C)CC)C(=O)[C@@H](C)CC)NC(=O)OC(C)(C)C. The normalized spacial score (nSPS) is 13.4. The molecule has 290 valence electrons. The van der Waals surface area contributed by atoms with Gasteiger partial charge >= 0.3 is 6.09 Å². The summed E-state index contributed by atoms with van der Waals surface area (Å²) in [5.74, 6) is -0.0780. The first-order valence-corrected chi connectivity index (χ1v) is 19.7. The van der Waals surface area contributed by atoms with E-state index < -0.39 is 11.7 Å². The first-order valence-electron chi connectivity index (χ1n) is 19.7. The van der Waals surface area contributed by atoms with Crippen LogP contribution in [0.3, 0.4) is 0 Å². The second-order valence-electron chi connectivity index (χ2n) is 14.8. The van der Waals surface area contributed by atoms with E-state index in [0.717, 1.165) is 51.2 Å². The summed E-state index contributed by atoms with van der Waals surface area (Å²) in [6, 6.07) is -0.385. The number of allylic oxidation sites excluding steroid dienone is 1. The second kappa shape index (κ2) is 28.8. The molecule has 0 saturated heterocycles. The minimum atomic E-state index is -0.632. The van der Waals surface area contributed by atoms with Gasteiger partial charge in [0.25, 0.3) is 0 Å². The number of amides is 4. The van der Waals surface area contributed by atoms with Gasteiger partial charge in [0, 0.05) is 63.4 Å². The fourth-order valence-electron chi connectivity index (χ4n) is 5.51.